The van der Waals surface area contributed by atoms with E-state index >= 15 is 0 Å². The molecule has 142 valence electrons. The van der Waals surface area contributed by atoms with Gasteiger partial charge in [-0.15, -0.1) is 0 Å². The van der Waals surface area contributed by atoms with E-state index in [2.05, 4.69) is 10.6 Å². The molecule has 0 bridgehead atoms. The second kappa shape index (κ2) is 11.0. The van der Waals surface area contributed by atoms with Gasteiger partial charge < -0.3 is 25.2 Å². The van der Waals surface area contributed by atoms with Crippen molar-refractivity contribution in [1.82, 2.24) is 10.6 Å². The lowest BCUT2D eigenvalue weighted by Crippen LogP contribution is -2.28. The van der Waals surface area contributed by atoms with Crippen molar-refractivity contribution >= 4 is 11.6 Å². The third-order valence-corrected chi connectivity index (χ3v) is 4.11. The summed E-state index contributed by atoms with van der Waals surface area (Å²) in [6, 6.07) is 10.1. The number of benzene rings is 2. The molecule has 5 nitrogen and oxygen atoms in total. The van der Waals surface area contributed by atoms with Crippen molar-refractivity contribution in [2.75, 3.05) is 33.4 Å². The van der Waals surface area contributed by atoms with Gasteiger partial charge in [0.2, 0.25) is 0 Å². The maximum absolute atomic E-state index is 13.8. The average Bonchev–Trinajstić information content (AvgIpc) is 2.64. The molecule has 2 aromatic rings. The summed E-state index contributed by atoms with van der Waals surface area (Å²) in [6.07, 6.45) is 0. The Bertz CT molecular complexity index is 680. The minimum absolute atomic E-state index is 0.0238. The largest absolute Gasteiger partial charge is 0.493 e. The fourth-order valence-corrected chi connectivity index (χ4v) is 2.59. The normalized spacial score (nSPS) is 10.8. The molecule has 0 atom stereocenters. The van der Waals surface area contributed by atoms with Crippen LogP contribution in [0, 0.1) is 5.82 Å². The first-order chi connectivity index (χ1) is 12.7. The maximum Gasteiger partial charge on any atom is 0.161 e. The third-order valence-electron chi connectivity index (χ3n) is 3.76. The van der Waals surface area contributed by atoms with Gasteiger partial charge in [0.05, 0.1) is 18.7 Å². The second-order valence-electron chi connectivity index (χ2n) is 5.62. The van der Waals surface area contributed by atoms with Gasteiger partial charge in [0.1, 0.15) is 12.4 Å². The first kappa shape index (κ1) is 20.5. The lowest BCUT2D eigenvalue weighted by molar-refractivity contribution is 0.279. The highest BCUT2D eigenvalue weighted by molar-refractivity contribution is 6.31. The number of halogens is 2. The summed E-state index contributed by atoms with van der Waals surface area (Å²) in [6.45, 7) is 2.99. The van der Waals surface area contributed by atoms with Crippen LogP contribution in [-0.4, -0.2) is 38.5 Å². The van der Waals surface area contributed by atoms with Crippen LogP contribution < -0.4 is 20.1 Å². The van der Waals surface area contributed by atoms with Crippen LogP contribution in [0.2, 0.25) is 5.02 Å². The van der Waals surface area contributed by atoms with Gasteiger partial charge in [-0.25, -0.2) is 4.39 Å². The van der Waals surface area contributed by atoms with Gasteiger partial charge in [0.15, 0.2) is 11.5 Å². The van der Waals surface area contributed by atoms with E-state index in [1.165, 1.54) is 6.07 Å². The average molecular weight is 383 g/mol. The molecule has 26 heavy (non-hydrogen) atoms. The molecule has 0 aliphatic rings. The molecule has 0 amide bonds. The smallest absolute Gasteiger partial charge is 0.161 e. The van der Waals surface area contributed by atoms with E-state index < -0.39 is 5.82 Å². The fraction of sp³-hybridized carbons (Fsp3) is 0.368. The summed E-state index contributed by atoms with van der Waals surface area (Å²) < 4.78 is 24.9. The minimum atomic E-state index is -0.396. The van der Waals surface area contributed by atoms with Gasteiger partial charge in [-0.2, -0.15) is 0 Å². The van der Waals surface area contributed by atoms with Gasteiger partial charge in [-0.05, 0) is 29.8 Å². The number of aliphatic hydroxyl groups is 1. The second-order valence-corrected chi connectivity index (χ2v) is 6.03. The van der Waals surface area contributed by atoms with E-state index in [1.54, 1.807) is 25.3 Å². The molecule has 2 aromatic carbocycles. The van der Waals surface area contributed by atoms with E-state index in [9.17, 15) is 4.39 Å². The summed E-state index contributed by atoms with van der Waals surface area (Å²) in [5, 5.41) is 15.4. The third kappa shape index (κ3) is 6.14. The van der Waals surface area contributed by atoms with Crippen LogP contribution in [-0.2, 0) is 13.2 Å². The van der Waals surface area contributed by atoms with E-state index in [0.29, 0.717) is 35.2 Å². The van der Waals surface area contributed by atoms with E-state index in [4.69, 9.17) is 26.2 Å². The highest BCUT2D eigenvalue weighted by atomic mass is 35.5. The zero-order valence-electron chi connectivity index (χ0n) is 14.7. The molecule has 3 N–H and O–H groups in total. The van der Waals surface area contributed by atoms with Crippen molar-refractivity contribution in [3.05, 3.63) is 58.4 Å². The molecule has 0 spiro atoms. The van der Waals surface area contributed by atoms with E-state index in [0.717, 1.165) is 18.7 Å². The molecule has 0 aromatic heterocycles. The lowest BCUT2D eigenvalue weighted by Gasteiger charge is -2.14. The Balaban J connectivity index is 1.91. The SMILES string of the molecule is COc1cc(CNCCNCCO)ccc1OCc1c(F)cccc1Cl. The summed E-state index contributed by atoms with van der Waals surface area (Å²) >= 11 is 6.02. The molecule has 0 saturated heterocycles. The standard InChI is InChI=1S/C19H24ClFN2O3/c1-25-19-11-14(12-23-8-7-22-9-10-24)5-6-18(19)26-13-15-16(20)3-2-4-17(15)21/h2-6,11,22-24H,7-10,12-13H2,1H3. The Morgan fingerprint density at radius 3 is 2.62 bits per heavy atom. The highest BCUT2D eigenvalue weighted by Gasteiger charge is 2.11. The molecule has 0 aliphatic carbocycles. The Kier molecular flexibility index (Phi) is 8.64. The van der Waals surface area contributed by atoms with Crippen LogP contribution >= 0.6 is 11.6 Å². The molecule has 0 heterocycles. The molecular formula is C19H24ClFN2O3. The van der Waals surface area contributed by atoms with Crippen LogP contribution in [0.4, 0.5) is 4.39 Å². The number of hydrogen-bond donors (Lipinski definition) is 3. The zero-order valence-corrected chi connectivity index (χ0v) is 15.5. The number of ether oxygens (including phenoxy) is 2. The monoisotopic (exact) mass is 382 g/mol. The maximum atomic E-state index is 13.8. The van der Waals surface area contributed by atoms with Crippen LogP contribution in [0.1, 0.15) is 11.1 Å². The van der Waals surface area contributed by atoms with Crippen molar-refractivity contribution in [1.29, 1.82) is 0 Å². The van der Waals surface area contributed by atoms with Gasteiger partial charge in [-0.1, -0.05) is 23.7 Å². The summed E-state index contributed by atoms with van der Waals surface area (Å²) in [5.74, 6) is 0.711. The molecule has 0 unspecified atom stereocenters. The topological polar surface area (TPSA) is 62.8 Å². The number of hydrogen-bond acceptors (Lipinski definition) is 5. The Morgan fingerprint density at radius 1 is 1.08 bits per heavy atom. The van der Waals surface area contributed by atoms with Crippen molar-refractivity contribution in [3.8, 4) is 11.5 Å². The number of rotatable bonds is 11. The van der Waals surface area contributed by atoms with Gasteiger partial charge in [0.25, 0.3) is 0 Å². The van der Waals surface area contributed by atoms with Crippen LogP contribution in [0.15, 0.2) is 36.4 Å². The number of methoxy groups -OCH3 is 1. The molecule has 2 rings (SSSR count). The van der Waals surface area contributed by atoms with Gasteiger partial charge in [-0.3, -0.25) is 0 Å². The summed E-state index contributed by atoms with van der Waals surface area (Å²) in [4.78, 5) is 0. The predicted octanol–water partition coefficient (Wildman–Crippen LogP) is 2.74. The zero-order chi connectivity index (χ0) is 18.8. The molecule has 0 saturated carbocycles. The number of nitrogens with one attached hydrogen (secondary N) is 2. The van der Waals surface area contributed by atoms with Gasteiger partial charge in [0, 0.05) is 31.7 Å². The van der Waals surface area contributed by atoms with Crippen LogP contribution in [0.5, 0.6) is 11.5 Å². The number of aliphatic hydroxyl groups excluding tert-OH is 1. The van der Waals surface area contributed by atoms with Gasteiger partial charge >= 0.3 is 0 Å². The van der Waals surface area contributed by atoms with Crippen molar-refractivity contribution < 1.29 is 19.0 Å². The molecular weight excluding hydrogens is 359 g/mol. The Hall–Kier alpha value is -1.86. The Morgan fingerprint density at radius 2 is 1.88 bits per heavy atom. The Labute approximate surface area is 158 Å². The molecule has 0 radical (unpaired) electrons. The molecule has 0 aliphatic heterocycles. The lowest BCUT2D eigenvalue weighted by atomic mass is 10.2. The highest BCUT2D eigenvalue weighted by Crippen LogP contribution is 2.30. The fourth-order valence-electron chi connectivity index (χ4n) is 2.37. The van der Waals surface area contributed by atoms with Crippen molar-refractivity contribution in [2.45, 2.75) is 13.2 Å². The van der Waals surface area contributed by atoms with Crippen molar-refractivity contribution in [2.24, 2.45) is 0 Å². The quantitative estimate of drug-likeness (QED) is 0.522. The van der Waals surface area contributed by atoms with E-state index in [-0.39, 0.29) is 13.2 Å². The molecule has 0 fully saturated rings. The van der Waals surface area contributed by atoms with Crippen LogP contribution in [0.25, 0.3) is 0 Å². The van der Waals surface area contributed by atoms with Crippen LogP contribution in [0.3, 0.4) is 0 Å². The first-order valence-corrected chi connectivity index (χ1v) is 8.78. The molecule has 7 heteroatoms. The van der Waals surface area contributed by atoms with Crippen molar-refractivity contribution in [3.63, 3.8) is 0 Å². The summed E-state index contributed by atoms with van der Waals surface area (Å²) in [5.41, 5.74) is 1.36. The summed E-state index contributed by atoms with van der Waals surface area (Å²) in [7, 11) is 1.56. The van der Waals surface area contributed by atoms with E-state index in [1.807, 2.05) is 12.1 Å². The first-order valence-electron chi connectivity index (χ1n) is 8.40. The predicted molar refractivity (Wildman–Crippen MR) is 100 cm³/mol. The minimum Gasteiger partial charge on any atom is -0.493 e.